The number of anilines is 1. The van der Waals surface area contributed by atoms with Gasteiger partial charge < -0.3 is 4.90 Å². The summed E-state index contributed by atoms with van der Waals surface area (Å²) < 4.78 is 0. The van der Waals surface area contributed by atoms with Crippen LogP contribution >= 0.6 is 0 Å². The van der Waals surface area contributed by atoms with Crippen molar-refractivity contribution in [3.63, 3.8) is 0 Å². The van der Waals surface area contributed by atoms with Crippen LogP contribution in [0.25, 0.3) is 0 Å². The Morgan fingerprint density at radius 2 is 2.00 bits per heavy atom. The number of para-hydroxylation sites is 1. The highest BCUT2D eigenvalue weighted by atomic mass is 16.2. The Hall–Kier alpha value is -2.70. The first kappa shape index (κ1) is 11.4. The number of carbonyl (C=O) groups is 2. The third-order valence-electron chi connectivity index (χ3n) is 2.97. The van der Waals surface area contributed by atoms with Gasteiger partial charge in [0.05, 0.1) is 18.7 Å². The van der Waals surface area contributed by atoms with Gasteiger partial charge in [-0.1, -0.05) is 12.1 Å². The fourth-order valence-corrected chi connectivity index (χ4v) is 2.11. The number of rotatable bonds is 2. The van der Waals surface area contributed by atoms with Crippen LogP contribution in [0.3, 0.4) is 0 Å². The average molecular weight is 258 g/mol. The van der Waals surface area contributed by atoms with Gasteiger partial charge in [0.25, 0.3) is 0 Å². The predicted molar refractivity (Wildman–Crippen MR) is 65.8 cm³/mol. The summed E-state index contributed by atoms with van der Waals surface area (Å²) in [6.45, 7) is 0.127. The van der Waals surface area contributed by atoms with E-state index in [-0.39, 0.29) is 24.7 Å². The van der Waals surface area contributed by atoms with Crippen molar-refractivity contribution in [2.45, 2.75) is 13.0 Å². The van der Waals surface area contributed by atoms with Gasteiger partial charge in [0.1, 0.15) is 0 Å². The van der Waals surface area contributed by atoms with Gasteiger partial charge >= 0.3 is 5.69 Å². The van der Waals surface area contributed by atoms with Crippen molar-refractivity contribution >= 4 is 17.4 Å². The summed E-state index contributed by atoms with van der Waals surface area (Å²) >= 11 is 0. The number of fused-ring (bicyclic) bond motifs is 1. The van der Waals surface area contributed by atoms with Crippen molar-refractivity contribution in [3.8, 4) is 0 Å². The van der Waals surface area contributed by atoms with Crippen molar-refractivity contribution in [1.82, 2.24) is 15.2 Å². The minimum atomic E-state index is -0.427. The van der Waals surface area contributed by atoms with E-state index in [0.29, 0.717) is 17.1 Å². The summed E-state index contributed by atoms with van der Waals surface area (Å²) in [7, 11) is 0. The average Bonchev–Trinajstić information content (AvgIpc) is 2.80. The fourth-order valence-electron chi connectivity index (χ4n) is 2.11. The largest absolute Gasteiger partial charge is 0.340 e. The molecule has 1 amide bonds. The molecular weight excluding hydrogens is 248 g/mol. The normalized spacial score (nSPS) is 14.6. The molecular formula is C12H10N4O3. The lowest BCUT2D eigenvalue weighted by Crippen LogP contribution is -2.37. The Morgan fingerprint density at radius 1 is 1.21 bits per heavy atom. The lowest BCUT2D eigenvalue weighted by atomic mass is 10.00. The van der Waals surface area contributed by atoms with E-state index < -0.39 is 5.69 Å². The molecule has 96 valence electrons. The molecule has 0 saturated heterocycles. The van der Waals surface area contributed by atoms with Crippen molar-refractivity contribution in [3.05, 3.63) is 46.1 Å². The van der Waals surface area contributed by atoms with Gasteiger partial charge in [-0.2, -0.15) is 5.10 Å². The second-order valence-electron chi connectivity index (χ2n) is 4.22. The van der Waals surface area contributed by atoms with E-state index in [2.05, 4.69) is 15.2 Å². The Kier molecular flexibility index (Phi) is 2.52. The van der Waals surface area contributed by atoms with E-state index in [1.165, 1.54) is 4.90 Å². The van der Waals surface area contributed by atoms with Crippen LogP contribution in [0.15, 0.2) is 29.1 Å². The van der Waals surface area contributed by atoms with Crippen molar-refractivity contribution < 1.29 is 9.59 Å². The summed E-state index contributed by atoms with van der Waals surface area (Å²) in [5, 5.41) is 6.00. The van der Waals surface area contributed by atoms with Gasteiger partial charge in [0.2, 0.25) is 5.91 Å². The molecule has 1 aliphatic rings. The minimum Gasteiger partial charge on any atom is -0.304 e. The van der Waals surface area contributed by atoms with Crippen LogP contribution in [0.2, 0.25) is 0 Å². The number of ketones is 1. The maximum atomic E-state index is 12.0. The zero-order valence-corrected chi connectivity index (χ0v) is 9.84. The van der Waals surface area contributed by atoms with Gasteiger partial charge in [-0.05, 0) is 12.1 Å². The molecule has 0 spiro atoms. The summed E-state index contributed by atoms with van der Waals surface area (Å²) in [6, 6.07) is 6.89. The van der Waals surface area contributed by atoms with E-state index in [1.807, 2.05) is 0 Å². The second-order valence-corrected chi connectivity index (χ2v) is 4.22. The van der Waals surface area contributed by atoms with Crippen LogP contribution in [-0.2, 0) is 11.3 Å². The van der Waals surface area contributed by atoms with Gasteiger partial charge in [-0.3, -0.25) is 14.6 Å². The topological polar surface area (TPSA) is 98.9 Å². The molecule has 1 aromatic carbocycles. The Balaban J connectivity index is 2.01. The molecule has 7 nitrogen and oxygen atoms in total. The molecule has 0 radical (unpaired) electrons. The molecule has 0 atom stereocenters. The molecule has 2 heterocycles. The van der Waals surface area contributed by atoms with Crippen LogP contribution < -0.4 is 10.6 Å². The molecule has 3 rings (SSSR count). The Morgan fingerprint density at radius 3 is 2.74 bits per heavy atom. The first-order valence-electron chi connectivity index (χ1n) is 5.71. The maximum absolute atomic E-state index is 12.0. The number of aromatic amines is 2. The van der Waals surface area contributed by atoms with Crippen LogP contribution in [0.4, 0.5) is 5.69 Å². The van der Waals surface area contributed by atoms with Gasteiger partial charge in [-0.15, -0.1) is 0 Å². The van der Waals surface area contributed by atoms with Gasteiger partial charge in [-0.25, -0.2) is 9.89 Å². The number of carbonyl (C=O) groups excluding carboxylic acids is 2. The van der Waals surface area contributed by atoms with E-state index in [4.69, 9.17) is 0 Å². The number of amides is 1. The third-order valence-corrected chi connectivity index (χ3v) is 2.97. The molecule has 0 fully saturated rings. The van der Waals surface area contributed by atoms with Crippen LogP contribution in [0.1, 0.15) is 22.6 Å². The second kappa shape index (κ2) is 4.20. The molecule has 0 saturated carbocycles. The van der Waals surface area contributed by atoms with E-state index in [0.717, 1.165) is 0 Å². The zero-order valence-electron chi connectivity index (χ0n) is 9.84. The molecule has 0 aliphatic carbocycles. The minimum absolute atomic E-state index is 0.127. The number of nitrogens with one attached hydrogen (secondary N) is 2. The third kappa shape index (κ3) is 1.95. The Bertz CT molecular complexity index is 716. The summed E-state index contributed by atoms with van der Waals surface area (Å²) in [6.07, 6.45) is -0.161. The highest BCUT2D eigenvalue weighted by Crippen LogP contribution is 2.28. The smallest absolute Gasteiger partial charge is 0.304 e. The number of nitrogens with zero attached hydrogens (tertiary/aromatic N) is 2. The number of hydrogen-bond acceptors (Lipinski definition) is 4. The molecule has 1 aliphatic heterocycles. The lowest BCUT2D eigenvalue weighted by Gasteiger charge is -2.27. The summed E-state index contributed by atoms with van der Waals surface area (Å²) in [5.41, 5.74) is 0.636. The van der Waals surface area contributed by atoms with Crippen molar-refractivity contribution in [1.29, 1.82) is 0 Å². The lowest BCUT2D eigenvalue weighted by molar-refractivity contribution is -0.118. The van der Waals surface area contributed by atoms with E-state index >= 15 is 0 Å². The van der Waals surface area contributed by atoms with E-state index in [1.54, 1.807) is 24.3 Å². The summed E-state index contributed by atoms with van der Waals surface area (Å²) in [4.78, 5) is 38.6. The van der Waals surface area contributed by atoms with Crippen LogP contribution in [0, 0.1) is 0 Å². The number of Topliss-reactive ketones (excluding diaryl/α,β-unsaturated/α-hetero) is 1. The van der Waals surface area contributed by atoms with Crippen LogP contribution in [0.5, 0.6) is 0 Å². The fraction of sp³-hybridized carbons (Fsp3) is 0.167. The SMILES string of the molecule is O=C1CC(=O)N(Cc2n[nH]c(=O)[nH]2)c2ccccc21. The predicted octanol–water partition coefficient (Wildman–Crippen LogP) is 0.218. The number of hydrogen-bond donors (Lipinski definition) is 2. The van der Waals surface area contributed by atoms with E-state index in [9.17, 15) is 14.4 Å². The molecule has 7 heteroatoms. The standard InChI is InChI=1S/C12H10N4O3/c17-9-5-11(18)16(6-10-13-12(19)15-14-10)8-4-2-1-3-7(8)9/h1-4H,5-6H2,(H2,13,14,15,19). The summed E-state index contributed by atoms with van der Waals surface area (Å²) in [5.74, 6) is -0.137. The first-order chi connectivity index (χ1) is 9.15. The number of H-pyrrole nitrogens is 2. The van der Waals surface area contributed by atoms with Crippen molar-refractivity contribution in [2.75, 3.05) is 4.90 Å². The highest BCUT2D eigenvalue weighted by molar-refractivity contribution is 6.19. The van der Waals surface area contributed by atoms with Crippen LogP contribution in [-0.4, -0.2) is 26.9 Å². The first-order valence-corrected chi connectivity index (χ1v) is 5.71. The molecule has 2 N–H and O–H groups in total. The molecule has 0 unspecified atom stereocenters. The van der Waals surface area contributed by atoms with Gasteiger partial charge in [0, 0.05) is 5.56 Å². The van der Waals surface area contributed by atoms with Crippen molar-refractivity contribution in [2.24, 2.45) is 0 Å². The molecule has 1 aromatic heterocycles. The zero-order chi connectivity index (χ0) is 13.4. The molecule has 19 heavy (non-hydrogen) atoms. The quantitative estimate of drug-likeness (QED) is 0.752. The monoisotopic (exact) mass is 258 g/mol. The Labute approximate surface area is 107 Å². The molecule has 2 aromatic rings. The number of benzene rings is 1. The number of aromatic nitrogens is 3. The molecule has 0 bridgehead atoms. The van der Waals surface area contributed by atoms with Gasteiger partial charge in [0.15, 0.2) is 11.6 Å². The maximum Gasteiger partial charge on any atom is 0.340 e. The highest BCUT2D eigenvalue weighted by Gasteiger charge is 2.29.